The minimum atomic E-state index is -0.156. The number of amides is 1. The van der Waals surface area contributed by atoms with Crippen LogP contribution in [-0.2, 0) is 4.74 Å². The highest BCUT2D eigenvalue weighted by Crippen LogP contribution is 2.25. The van der Waals surface area contributed by atoms with E-state index in [4.69, 9.17) is 9.47 Å². The Hall–Kier alpha value is -1.75. The monoisotopic (exact) mass is 279 g/mol. The zero-order chi connectivity index (χ0) is 14.5. The Labute approximate surface area is 119 Å². The molecular weight excluding hydrogens is 258 g/mol. The number of likely N-dealkylation sites (tertiary alicyclic amines) is 1. The standard InChI is InChI=1S/C15H21NO4/c1-3-20-11-6-8-16(9-7-11)15(18)13-10-12(19-2)4-5-14(13)17/h4-5,10-11,17H,3,6-9H2,1-2H3. The molecule has 1 N–H and O–H groups in total. The Morgan fingerprint density at radius 3 is 2.70 bits per heavy atom. The molecule has 2 rings (SSSR count). The molecule has 1 amide bonds. The SMILES string of the molecule is CCOC1CCN(C(=O)c2cc(OC)ccc2O)CC1. The molecule has 0 aromatic heterocycles. The average molecular weight is 279 g/mol. The van der Waals surface area contributed by atoms with Crippen LogP contribution < -0.4 is 4.74 Å². The molecule has 5 heteroatoms. The third kappa shape index (κ3) is 3.22. The molecule has 1 aromatic rings. The molecule has 1 aromatic carbocycles. The number of phenolic OH excluding ortho intramolecular Hbond substituents is 1. The lowest BCUT2D eigenvalue weighted by molar-refractivity contribution is 0.0145. The average Bonchev–Trinajstić information content (AvgIpc) is 2.48. The smallest absolute Gasteiger partial charge is 0.257 e. The Kier molecular flexibility index (Phi) is 4.84. The number of nitrogens with zero attached hydrogens (tertiary/aromatic N) is 1. The van der Waals surface area contributed by atoms with Crippen LogP contribution in [0.1, 0.15) is 30.1 Å². The topological polar surface area (TPSA) is 59.0 Å². The molecule has 1 aliphatic heterocycles. The molecule has 1 aliphatic rings. The number of carbonyl (C=O) groups excluding carboxylic acids is 1. The summed E-state index contributed by atoms with van der Waals surface area (Å²) < 4.78 is 10.7. The van der Waals surface area contributed by atoms with Crippen LogP contribution in [-0.4, -0.2) is 48.8 Å². The Balaban J connectivity index is 2.05. The van der Waals surface area contributed by atoms with Gasteiger partial charge in [0.05, 0.1) is 18.8 Å². The lowest BCUT2D eigenvalue weighted by Gasteiger charge is -2.32. The van der Waals surface area contributed by atoms with E-state index in [1.165, 1.54) is 13.2 Å². The maximum atomic E-state index is 12.4. The number of ether oxygens (including phenoxy) is 2. The second-order valence-electron chi connectivity index (χ2n) is 4.83. The molecule has 5 nitrogen and oxygen atoms in total. The van der Waals surface area contributed by atoms with Crippen LogP contribution in [0.3, 0.4) is 0 Å². The van der Waals surface area contributed by atoms with Gasteiger partial charge in [-0.25, -0.2) is 0 Å². The van der Waals surface area contributed by atoms with Crippen molar-refractivity contribution in [2.24, 2.45) is 0 Å². The predicted octanol–water partition coefficient (Wildman–Crippen LogP) is 2.04. The second-order valence-corrected chi connectivity index (χ2v) is 4.83. The zero-order valence-corrected chi connectivity index (χ0v) is 12.0. The first kappa shape index (κ1) is 14.7. The summed E-state index contributed by atoms with van der Waals surface area (Å²) in [5, 5.41) is 9.84. The number of piperidine rings is 1. The van der Waals surface area contributed by atoms with E-state index in [-0.39, 0.29) is 17.8 Å². The fraction of sp³-hybridized carbons (Fsp3) is 0.533. The zero-order valence-electron chi connectivity index (χ0n) is 12.0. The number of methoxy groups -OCH3 is 1. The van der Waals surface area contributed by atoms with Crippen molar-refractivity contribution in [1.29, 1.82) is 0 Å². The molecular formula is C15H21NO4. The molecule has 0 aliphatic carbocycles. The van der Waals surface area contributed by atoms with Crippen molar-refractivity contribution in [3.63, 3.8) is 0 Å². The fourth-order valence-electron chi connectivity index (χ4n) is 2.45. The van der Waals surface area contributed by atoms with Gasteiger partial charge in [0.25, 0.3) is 5.91 Å². The summed E-state index contributed by atoms with van der Waals surface area (Å²) in [6.45, 7) is 3.99. The van der Waals surface area contributed by atoms with Crippen molar-refractivity contribution in [1.82, 2.24) is 4.90 Å². The van der Waals surface area contributed by atoms with Crippen molar-refractivity contribution in [2.45, 2.75) is 25.9 Å². The van der Waals surface area contributed by atoms with Gasteiger partial charge in [0.15, 0.2) is 0 Å². The normalized spacial score (nSPS) is 16.2. The van der Waals surface area contributed by atoms with Crippen molar-refractivity contribution in [3.05, 3.63) is 23.8 Å². The molecule has 0 bridgehead atoms. The third-order valence-corrected chi connectivity index (χ3v) is 3.57. The Morgan fingerprint density at radius 2 is 2.10 bits per heavy atom. The van der Waals surface area contributed by atoms with Gasteiger partial charge in [0.2, 0.25) is 0 Å². The summed E-state index contributed by atoms with van der Waals surface area (Å²) >= 11 is 0. The second kappa shape index (κ2) is 6.61. The summed E-state index contributed by atoms with van der Waals surface area (Å²) in [4.78, 5) is 14.2. The largest absolute Gasteiger partial charge is 0.507 e. The number of aromatic hydroxyl groups is 1. The first-order valence-electron chi connectivity index (χ1n) is 6.93. The highest BCUT2D eigenvalue weighted by molar-refractivity contribution is 5.97. The lowest BCUT2D eigenvalue weighted by atomic mass is 10.1. The summed E-state index contributed by atoms with van der Waals surface area (Å²) in [5.74, 6) is 0.398. The molecule has 0 radical (unpaired) electrons. The number of carbonyl (C=O) groups is 1. The van der Waals surface area contributed by atoms with Crippen molar-refractivity contribution >= 4 is 5.91 Å². The van der Waals surface area contributed by atoms with Crippen LogP contribution in [0.2, 0.25) is 0 Å². The van der Waals surface area contributed by atoms with Gasteiger partial charge in [-0.05, 0) is 38.0 Å². The summed E-state index contributed by atoms with van der Waals surface area (Å²) in [6.07, 6.45) is 1.91. The van der Waals surface area contributed by atoms with E-state index in [0.717, 1.165) is 12.8 Å². The first-order chi connectivity index (χ1) is 9.65. The van der Waals surface area contributed by atoms with E-state index in [0.29, 0.717) is 31.0 Å². The molecule has 1 saturated heterocycles. The number of rotatable bonds is 4. The van der Waals surface area contributed by atoms with Crippen LogP contribution in [0, 0.1) is 0 Å². The predicted molar refractivity (Wildman–Crippen MR) is 75.2 cm³/mol. The highest BCUT2D eigenvalue weighted by Gasteiger charge is 2.25. The van der Waals surface area contributed by atoms with Crippen LogP contribution in [0.25, 0.3) is 0 Å². The van der Waals surface area contributed by atoms with Crippen LogP contribution in [0.5, 0.6) is 11.5 Å². The van der Waals surface area contributed by atoms with Gasteiger partial charge < -0.3 is 19.5 Å². The van der Waals surface area contributed by atoms with Crippen LogP contribution in [0.15, 0.2) is 18.2 Å². The molecule has 110 valence electrons. The molecule has 0 unspecified atom stereocenters. The van der Waals surface area contributed by atoms with Crippen molar-refractivity contribution in [3.8, 4) is 11.5 Å². The van der Waals surface area contributed by atoms with E-state index in [2.05, 4.69) is 0 Å². The van der Waals surface area contributed by atoms with Crippen molar-refractivity contribution in [2.75, 3.05) is 26.8 Å². The first-order valence-corrected chi connectivity index (χ1v) is 6.93. The summed E-state index contributed by atoms with van der Waals surface area (Å²) in [7, 11) is 1.54. The highest BCUT2D eigenvalue weighted by atomic mass is 16.5. The molecule has 0 atom stereocenters. The number of hydrogen-bond donors (Lipinski definition) is 1. The van der Waals surface area contributed by atoms with E-state index in [1.54, 1.807) is 17.0 Å². The summed E-state index contributed by atoms with van der Waals surface area (Å²) in [5.41, 5.74) is 0.291. The van der Waals surface area contributed by atoms with Gasteiger partial charge in [-0.15, -0.1) is 0 Å². The van der Waals surface area contributed by atoms with Gasteiger partial charge in [0.1, 0.15) is 11.5 Å². The maximum Gasteiger partial charge on any atom is 0.257 e. The van der Waals surface area contributed by atoms with Gasteiger partial charge in [-0.1, -0.05) is 0 Å². The number of hydrogen-bond acceptors (Lipinski definition) is 4. The minimum absolute atomic E-state index is 0.0114. The van der Waals surface area contributed by atoms with E-state index < -0.39 is 0 Å². The number of benzene rings is 1. The minimum Gasteiger partial charge on any atom is -0.507 e. The number of phenols is 1. The quantitative estimate of drug-likeness (QED) is 0.916. The van der Waals surface area contributed by atoms with E-state index >= 15 is 0 Å². The van der Waals surface area contributed by atoms with Gasteiger partial charge in [-0.3, -0.25) is 4.79 Å². The molecule has 0 saturated carbocycles. The van der Waals surface area contributed by atoms with Gasteiger partial charge >= 0.3 is 0 Å². The van der Waals surface area contributed by atoms with Gasteiger partial charge in [0, 0.05) is 19.7 Å². The van der Waals surface area contributed by atoms with E-state index in [9.17, 15) is 9.90 Å². The van der Waals surface area contributed by atoms with Crippen molar-refractivity contribution < 1.29 is 19.4 Å². The Bertz CT molecular complexity index is 467. The molecule has 0 spiro atoms. The summed E-state index contributed by atoms with van der Waals surface area (Å²) in [6, 6.07) is 4.69. The van der Waals surface area contributed by atoms with E-state index in [1.807, 2.05) is 6.92 Å². The lowest BCUT2D eigenvalue weighted by Crippen LogP contribution is -2.40. The Morgan fingerprint density at radius 1 is 1.40 bits per heavy atom. The van der Waals surface area contributed by atoms with Crippen LogP contribution in [0.4, 0.5) is 0 Å². The maximum absolute atomic E-state index is 12.4. The third-order valence-electron chi connectivity index (χ3n) is 3.57. The molecule has 20 heavy (non-hydrogen) atoms. The van der Waals surface area contributed by atoms with Crippen LogP contribution >= 0.6 is 0 Å². The molecule has 1 fully saturated rings. The molecule has 1 heterocycles. The fourth-order valence-corrected chi connectivity index (χ4v) is 2.45. The van der Waals surface area contributed by atoms with Gasteiger partial charge in [-0.2, -0.15) is 0 Å².